The Morgan fingerprint density at radius 3 is 2.18 bits per heavy atom. The molecule has 2 aromatic rings. The Labute approximate surface area is 164 Å². The molecule has 0 radical (unpaired) electrons. The molecule has 1 amide bonds. The highest BCUT2D eigenvalue weighted by molar-refractivity contribution is 5.82. The summed E-state index contributed by atoms with van der Waals surface area (Å²) in [7, 11) is 0. The maximum absolute atomic E-state index is 13.4. The summed E-state index contributed by atoms with van der Waals surface area (Å²) in [4.78, 5) is 27.0. The number of amides is 1. The van der Waals surface area contributed by atoms with Crippen molar-refractivity contribution in [2.45, 2.75) is 24.9 Å². The molecule has 2 aromatic carbocycles. The van der Waals surface area contributed by atoms with Gasteiger partial charge in [-0.25, -0.2) is 0 Å². The van der Waals surface area contributed by atoms with E-state index in [1.54, 1.807) is 4.90 Å². The number of ether oxygens (including phenoxy) is 1. The first-order valence-electron chi connectivity index (χ1n) is 9.88. The number of aliphatic carboxylic acids is 1. The zero-order chi connectivity index (χ0) is 19.5. The third kappa shape index (κ3) is 3.67. The minimum atomic E-state index is -0.844. The maximum atomic E-state index is 13.4. The Morgan fingerprint density at radius 1 is 0.893 bits per heavy atom. The van der Waals surface area contributed by atoms with Crippen LogP contribution in [0.4, 0.5) is 0 Å². The number of nitrogens with zero attached hydrogens (tertiary/aromatic N) is 1. The molecular formula is C23H25NO4. The Hall–Kier alpha value is -2.66. The SMILES string of the molecule is O=C(O)[C@@H]1CN(C(=O)C2CCCOC2c2ccccc2)C[C@@H]1c1ccccc1. The topological polar surface area (TPSA) is 66.8 Å². The summed E-state index contributed by atoms with van der Waals surface area (Å²) in [5, 5.41) is 9.72. The Kier molecular flexibility index (Phi) is 5.44. The molecule has 4 rings (SSSR count). The predicted molar refractivity (Wildman–Crippen MR) is 105 cm³/mol. The number of hydrogen-bond acceptors (Lipinski definition) is 3. The molecule has 2 aliphatic rings. The second-order valence-corrected chi connectivity index (χ2v) is 7.66. The summed E-state index contributed by atoms with van der Waals surface area (Å²) in [6.45, 7) is 1.34. The highest BCUT2D eigenvalue weighted by Crippen LogP contribution is 2.38. The van der Waals surface area contributed by atoms with Crippen molar-refractivity contribution < 1.29 is 19.4 Å². The van der Waals surface area contributed by atoms with Gasteiger partial charge in [0.05, 0.1) is 17.9 Å². The van der Waals surface area contributed by atoms with Gasteiger partial charge in [0.15, 0.2) is 0 Å². The van der Waals surface area contributed by atoms with Crippen molar-refractivity contribution in [2.75, 3.05) is 19.7 Å². The average Bonchev–Trinajstić information content (AvgIpc) is 3.20. The van der Waals surface area contributed by atoms with Gasteiger partial charge in [-0.2, -0.15) is 0 Å². The third-order valence-corrected chi connectivity index (χ3v) is 5.94. The zero-order valence-corrected chi connectivity index (χ0v) is 15.7. The minimum Gasteiger partial charge on any atom is -0.481 e. The lowest BCUT2D eigenvalue weighted by atomic mass is 9.88. The van der Waals surface area contributed by atoms with Gasteiger partial charge in [-0.3, -0.25) is 9.59 Å². The van der Waals surface area contributed by atoms with Crippen LogP contribution in [-0.2, 0) is 14.3 Å². The quantitative estimate of drug-likeness (QED) is 0.883. The molecule has 2 unspecified atom stereocenters. The van der Waals surface area contributed by atoms with Crippen LogP contribution in [0.25, 0.3) is 0 Å². The van der Waals surface area contributed by atoms with E-state index < -0.39 is 11.9 Å². The van der Waals surface area contributed by atoms with E-state index in [9.17, 15) is 14.7 Å². The number of carboxylic acids is 1. The van der Waals surface area contributed by atoms with Gasteiger partial charge < -0.3 is 14.7 Å². The van der Waals surface area contributed by atoms with E-state index in [4.69, 9.17) is 4.74 Å². The summed E-state index contributed by atoms with van der Waals surface area (Å²) in [5.41, 5.74) is 1.99. The number of hydrogen-bond donors (Lipinski definition) is 1. The van der Waals surface area contributed by atoms with Crippen LogP contribution < -0.4 is 0 Å². The fraction of sp³-hybridized carbons (Fsp3) is 0.391. The number of likely N-dealkylation sites (tertiary alicyclic amines) is 1. The molecule has 0 aromatic heterocycles. The first-order chi connectivity index (χ1) is 13.6. The highest BCUT2D eigenvalue weighted by Gasteiger charge is 2.44. The molecule has 2 aliphatic heterocycles. The monoisotopic (exact) mass is 379 g/mol. The molecular weight excluding hydrogens is 354 g/mol. The van der Waals surface area contributed by atoms with E-state index in [0.29, 0.717) is 13.2 Å². The molecule has 146 valence electrons. The molecule has 0 bridgehead atoms. The van der Waals surface area contributed by atoms with Crippen molar-refractivity contribution in [1.29, 1.82) is 0 Å². The zero-order valence-electron chi connectivity index (χ0n) is 15.7. The summed E-state index contributed by atoms with van der Waals surface area (Å²) >= 11 is 0. The summed E-state index contributed by atoms with van der Waals surface area (Å²) < 4.78 is 5.98. The lowest BCUT2D eigenvalue weighted by Crippen LogP contribution is -2.40. The molecule has 2 saturated heterocycles. The molecule has 5 nitrogen and oxygen atoms in total. The van der Waals surface area contributed by atoms with Gasteiger partial charge in [0.1, 0.15) is 0 Å². The lowest BCUT2D eigenvalue weighted by Gasteiger charge is -2.33. The summed E-state index contributed by atoms with van der Waals surface area (Å²) in [6, 6.07) is 19.5. The van der Waals surface area contributed by atoms with E-state index in [-0.39, 0.29) is 30.4 Å². The molecule has 4 atom stereocenters. The van der Waals surface area contributed by atoms with Crippen molar-refractivity contribution in [3.05, 3.63) is 71.8 Å². The number of benzene rings is 2. The van der Waals surface area contributed by atoms with Crippen molar-refractivity contribution in [2.24, 2.45) is 11.8 Å². The molecule has 2 heterocycles. The second-order valence-electron chi connectivity index (χ2n) is 7.66. The first kappa shape index (κ1) is 18.7. The van der Waals surface area contributed by atoms with Crippen molar-refractivity contribution >= 4 is 11.9 Å². The molecule has 0 spiro atoms. The molecule has 0 aliphatic carbocycles. The van der Waals surface area contributed by atoms with Gasteiger partial charge in [0, 0.05) is 25.6 Å². The highest BCUT2D eigenvalue weighted by atomic mass is 16.5. The fourth-order valence-corrected chi connectivity index (χ4v) is 4.51. The lowest BCUT2D eigenvalue weighted by molar-refractivity contribution is -0.145. The van der Waals surface area contributed by atoms with Crippen LogP contribution in [0.15, 0.2) is 60.7 Å². The van der Waals surface area contributed by atoms with Crippen molar-refractivity contribution in [3.8, 4) is 0 Å². The van der Waals surface area contributed by atoms with E-state index in [0.717, 1.165) is 24.0 Å². The molecule has 2 fully saturated rings. The van der Waals surface area contributed by atoms with Crippen molar-refractivity contribution in [3.63, 3.8) is 0 Å². The van der Waals surface area contributed by atoms with Crippen LogP contribution in [0.5, 0.6) is 0 Å². The molecule has 0 saturated carbocycles. The van der Waals surface area contributed by atoms with Crippen LogP contribution in [0.3, 0.4) is 0 Å². The largest absolute Gasteiger partial charge is 0.481 e. The molecule has 1 N–H and O–H groups in total. The van der Waals surface area contributed by atoms with Crippen LogP contribution >= 0.6 is 0 Å². The number of carbonyl (C=O) groups excluding carboxylic acids is 1. The van der Waals surface area contributed by atoms with E-state index in [2.05, 4.69) is 0 Å². The molecule has 28 heavy (non-hydrogen) atoms. The van der Waals surface area contributed by atoms with E-state index in [1.807, 2.05) is 60.7 Å². The van der Waals surface area contributed by atoms with Crippen LogP contribution in [0.1, 0.15) is 36.0 Å². The Bertz CT molecular complexity index is 823. The van der Waals surface area contributed by atoms with Gasteiger partial charge in [0.25, 0.3) is 0 Å². The number of rotatable bonds is 4. The minimum absolute atomic E-state index is 0.0123. The average molecular weight is 379 g/mol. The standard InChI is InChI=1S/C23H25NO4/c25-22(18-12-7-13-28-21(18)17-10-5-2-6-11-17)24-14-19(20(15-24)23(26)27)16-8-3-1-4-9-16/h1-6,8-11,18-21H,7,12-15H2,(H,26,27)/t18?,19-,20-,21?/m1/s1. The van der Waals surface area contributed by atoms with Crippen LogP contribution in [0.2, 0.25) is 0 Å². The summed E-state index contributed by atoms with van der Waals surface area (Å²) in [5.74, 6) is -1.85. The summed E-state index contributed by atoms with van der Waals surface area (Å²) in [6.07, 6.45) is 1.35. The van der Waals surface area contributed by atoms with Crippen molar-refractivity contribution in [1.82, 2.24) is 4.90 Å². The number of carbonyl (C=O) groups is 2. The second kappa shape index (κ2) is 8.15. The van der Waals surface area contributed by atoms with Gasteiger partial charge >= 0.3 is 5.97 Å². The Balaban J connectivity index is 1.56. The van der Waals surface area contributed by atoms with Crippen LogP contribution in [0, 0.1) is 11.8 Å². The van der Waals surface area contributed by atoms with Gasteiger partial charge in [-0.15, -0.1) is 0 Å². The van der Waals surface area contributed by atoms with Gasteiger partial charge in [0.2, 0.25) is 5.91 Å². The third-order valence-electron chi connectivity index (χ3n) is 5.94. The first-order valence-corrected chi connectivity index (χ1v) is 9.88. The predicted octanol–water partition coefficient (Wildman–Crippen LogP) is 3.48. The maximum Gasteiger partial charge on any atom is 0.308 e. The van der Waals surface area contributed by atoms with E-state index >= 15 is 0 Å². The van der Waals surface area contributed by atoms with Gasteiger partial charge in [-0.05, 0) is 24.0 Å². The van der Waals surface area contributed by atoms with Gasteiger partial charge in [-0.1, -0.05) is 60.7 Å². The molecule has 5 heteroatoms. The number of carboxylic acid groups (broad SMARTS) is 1. The normalized spacial score (nSPS) is 27.5. The van der Waals surface area contributed by atoms with E-state index in [1.165, 1.54) is 0 Å². The Morgan fingerprint density at radius 2 is 1.54 bits per heavy atom. The smallest absolute Gasteiger partial charge is 0.308 e. The fourth-order valence-electron chi connectivity index (χ4n) is 4.51. The van der Waals surface area contributed by atoms with Crippen LogP contribution in [-0.4, -0.2) is 41.6 Å².